The molecule has 0 aromatic carbocycles. The molecule has 0 atom stereocenters. The smallest absolute Gasteiger partial charge is 0.251 e. The molecule has 0 saturated heterocycles. The van der Waals surface area contributed by atoms with Gasteiger partial charge in [0.25, 0.3) is 5.91 Å². The molecule has 0 aliphatic carbocycles. The molecule has 0 radical (unpaired) electrons. The highest BCUT2D eigenvalue weighted by Crippen LogP contribution is 2.09. The molecule has 0 aliphatic heterocycles. The number of hydrogen-bond acceptors (Lipinski definition) is 3. The molecule has 14 heavy (non-hydrogen) atoms. The molecule has 0 fully saturated rings. The third kappa shape index (κ3) is 1.24. The molecule has 0 unspecified atom stereocenters. The maximum absolute atomic E-state index is 11.1. The zero-order valence-electron chi connectivity index (χ0n) is 7.15. The van der Waals surface area contributed by atoms with Crippen molar-refractivity contribution in [3.05, 3.63) is 40.3 Å². The first-order valence-electron chi connectivity index (χ1n) is 3.96. The summed E-state index contributed by atoms with van der Waals surface area (Å²) in [6.07, 6.45) is 1.53. The van der Waals surface area contributed by atoms with Gasteiger partial charge in [0, 0.05) is 12.3 Å². The van der Waals surface area contributed by atoms with Crippen LogP contribution in [-0.4, -0.2) is 15.9 Å². The van der Waals surface area contributed by atoms with Crippen LogP contribution in [0.4, 0.5) is 0 Å². The van der Waals surface area contributed by atoms with Gasteiger partial charge < -0.3 is 10.7 Å². The lowest BCUT2D eigenvalue weighted by Crippen LogP contribution is -2.17. The standard InChI is InChI=1S/C9H7N3O2/c10-9(14)5-4-7(13)12-6-2-1-3-11-8(5)6/h1-4H,(H2,10,14)(H,12,13). The molecule has 0 saturated carbocycles. The summed E-state index contributed by atoms with van der Waals surface area (Å²) in [6.45, 7) is 0. The normalized spacial score (nSPS) is 10.3. The number of rotatable bonds is 1. The first-order chi connectivity index (χ1) is 6.68. The van der Waals surface area contributed by atoms with Crippen LogP contribution >= 0.6 is 0 Å². The summed E-state index contributed by atoms with van der Waals surface area (Å²) in [4.78, 5) is 28.6. The minimum atomic E-state index is -0.653. The van der Waals surface area contributed by atoms with Crippen molar-refractivity contribution in [3.8, 4) is 0 Å². The zero-order valence-corrected chi connectivity index (χ0v) is 7.15. The summed E-state index contributed by atoms with van der Waals surface area (Å²) in [6, 6.07) is 4.48. The van der Waals surface area contributed by atoms with E-state index in [9.17, 15) is 9.59 Å². The van der Waals surface area contributed by atoms with Gasteiger partial charge in [-0.2, -0.15) is 0 Å². The minimum absolute atomic E-state index is 0.143. The number of primary amides is 1. The number of aromatic amines is 1. The van der Waals surface area contributed by atoms with Crippen LogP contribution in [0.25, 0.3) is 11.0 Å². The fraction of sp³-hybridized carbons (Fsp3) is 0. The highest BCUT2D eigenvalue weighted by Gasteiger charge is 2.08. The molecule has 3 N–H and O–H groups in total. The average molecular weight is 189 g/mol. The van der Waals surface area contributed by atoms with Gasteiger partial charge in [-0.15, -0.1) is 0 Å². The minimum Gasteiger partial charge on any atom is -0.366 e. The van der Waals surface area contributed by atoms with Crippen molar-refractivity contribution in [1.82, 2.24) is 9.97 Å². The van der Waals surface area contributed by atoms with Crippen molar-refractivity contribution in [1.29, 1.82) is 0 Å². The molecule has 2 aromatic heterocycles. The van der Waals surface area contributed by atoms with Gasteiger partial charge in [0.2, 0.25) is 5.56 Å². The number of carbonyl (C=O) groups is 1. The predicted octanol–water partition coefficient (Wildman–Crippen LogP) is 0.0220. The molecular formula is C9H7N3O2. The van der Waals surface area contributed by atoms with Crippen molar-refractivity contribution in [2.75, 3.05) is 0 Å². The van der Waals surface area contributed by atoms with Crippen molar-refractivity contribution in [2.45, 2.75) is 0 Å². The summed E-state index contributed by atoms with van der Waals surface area (Å²) in [5.41, 5.74) is 5.82. The fourth-order valence-corrected chi connectivity index (χ4v) is 1.28. The molecule has 2 rings (SSSR count). The van der Waals surface area contributed by atoms with Crippen LogP contribution < -0.4 is 11.3 Å². The Hall–Kier alpha value is -2.17. The van der Waals surface area contributed by atoms with Gasteiger partial charge in [-0.25, -0.2) is 0 Å². The summed E-state index contributed by atoms with van der Waals surface area (Å²) < 4.78 is 0. The number of nitrogens with two attached hydrogens (primary N) is 1. The first kappa shape index (κ1) is 8.43. The molecule has 2 heterocycles. The molecule has 1 amide bonds. The monoisotopic (exact) mass is 189 g/mol. The van der Waals surface area contributed by atoms with Crippen LogP contribution in [0.3, 0.4) is 0 Å². The first-order valence-corrected chi connectivity index (χ1v) is 3.96. The number of fused-ring (bicyclic) bond motifs is 1. The van der Waals surface area contributed by atoms with Crippen LogP contribution in [0.15, 0.2) is 29.2 Å². The second-order valence-electron chi connectivity index (χ2n) is 2.81. The van der Waals surface area contributed by atoms with Gasteiger partial charge in [0.1, 0.15) is 0 Å². The number of pyridine rings is 2. The molecule has 2 aromatic rings. The highest BCUT2D eigenvalue weighted by molar-refractivity contribution is 6.03. The van der Waals surface area contributed by atoms with Gasteiger partial charge in [0.05, 0.1) is 16.6 Å². The Morgan fingerprint density at radius 2 is 2.29 bits per heavy atom. The lowest BCUT2D eigenvalue weighted by molar-refractivity contribution is 0.100. The Balaban J connectivity index is 2.94. The van der Waals surface area contributed by atoms with Crippen LogP contribution in [-0.2, 0) is 0 Å². The number of amides is 1. The van der Waals surface area contributed by atoms with Crippen LogP contribution in [0, 0.1) is 0 Å². The molecule has 70 valence electrons. The molecular weight excluding hydrogens is 182 g/mol. The van der Waals surface area contributed by atoms with Crippen molar-refractivity contribution >= 4 is 16.9 Å². The van der Waals surface area contributed by atoms with E-state index < -0.39 is 5.91 Å². The Kier molecular flexibility index (Phi) is 1.78. The van der Waals surface area contributed by atoms with E-state index in [1.54, 1.807) is 12.1 Å². The molecule has 0 bridgehead atoms. The SMILES string of the molecule is NC(=O)c1cc(=O)[nH]c2cccnc12. The molecule has 0 aliphatic rings. The van der Waals surface area contributed by atoms with Crippen molar-refractivity contribution in [3.63, 3.8) is 0 Å². The van der Waals surface area contributed by atoms with Crippen LogP contribution in [0.2, 0.25) is 0 Å². The average Bonchev–Trinajstić information content (AvgIpc) is 2.16. The molecule has 5 heteroatoms. The quantitative estimate of drug-likeness (QED) is 0.662. The van der Waals surface area contributed by atoms with E-state index >= 15 is 0 Å². The van der Waals surface area contributed by atoms with Gasteiger partial charge >= 0.3 is 0 Å². The van der Waals surface area contributed by atoms with E-state index in [0.717, 1.165) is 6.07 Å². The topological polar surface area (TPSA) is 88.8 Å². The summed E-state index contributed by atoms with van der Waals surface area (Å²) in [7, 11) is 0. The fourth-order valence-electron chi connectivity index (χ4n) is 1.28. The van der Waals surface area contributed by atoms with E-state index in [2.05, 4.69) is 9.97 Å². The van der Waals surface area contributed by atoms with Crippen LogP contribution in [0.5, 0.6) is 0 Å². The van der Waals surface area contributed by atoms with Crippen molar-refractivity contribution in [2.24, 2.45) is 5.73 Å². The van der Waals surface area contributed by atoms with Gasteiger partial charge in [-0.05, 0) is 12.1 Å². The van der Waals surface area contributed by atoms with Gasteiger partial charge in [0.15, 0.2) is 0 Å². The van der Waals surface area contributed by atoms with Gasteiger partial charge in [-0.1, -0.05) is 0 Å². The number of H-pyrrole nitrogens is 1. The van der Waals surface area contributed by atoms with E-state index in [0.29, 0.717) is 11.0 Å². The third-order valence-corrected chi connectivity index (χ3v) is 1.86. The Bertz CT molecular complexity index is 559. The van der Waals surface area contributed by atoms with E-state index in [1.807, 2.05) is 0 Å². The predicted molar refractivity (Wildman–Crippen MR) is 50.9 cm³/mol. The highest BCUT2D eigenvalue weighted by atomic mass is 16.1. The number of nitrogens with one attached hydrogen (secondary N) is 1. The molecule has 0 spiro atoms. The second kappa shape index (κ2) is 2.95. The summed E-state index contributed by atoms with van der Waals surface area (Å²) in [5.74, 6) is -0.653. The largest absolute Gasteiger partial charge is 0.366 e. The van der Waals surface area contributed by atoms with Crippen LogP contribution in [0.1, 0.15) is 10.4 Å². The summed E-state index contributed by atoms with van der Waals surface area (Å²) in [5, 5.41) is 0. The third-order valence-electron chi connectivity index (χ3n) is 1.86. The Morgan fingerprint density at radius 1 is 1.50 bits per heavy atom. The van der Waals surface area contributed by atoms with E-state index in [4.69, 9.17) is 5.73 Å². The number of aromatic nitrogens is 2. The summed E-state index contributed by atoms with van der Waals surface area (Å²) >= 11 is 0. The molecule has 5 nitrogen and oxygen atoms in total. The maximum Gasteiger partial charge on any atom is 0.251 e. The number of carbonyl (C=O) groups excluding carboxylic acids is 1. The van der Waals surface area contributed by atoms with E-state index in [1.165, 1.54) is 6.20 Å². The number of hydrogen-bond donors (Lipinski definition) is 2. The van der Waals surface area contributed by atoms with E-state index in [-0.39, 0.29) is 11.1 Å². The Labute approximate surface area is 78.6 Å². The Morgan fingerprint density at radius 3 is 3.00 bits per heavy atom. The lowest BCUT2D eigenvalue weighted by Gasteiger charge is -2.00. The van der Waals surface area contributed by atoms with Crippen molar-refractivity contribution < 1.29 is 4.79 Å². The number of nitrogens with zero attached hydrogens (tertiary/aromatic N) is 1. The zero-order chi connectivity index (χ0) is 10.1. The lowest BCUT2D eigenvalue weighted by atomic mass is 10.2. The maximum atomic E-state index is 11.1. The second-order valence-corrected chi connectivity index (χ2v) is 2.81. The van der Waals surface area contributed by atoms with Gasteiger partial charge in [-0.3, -0.25) is 14.6 Å².